The topological polar surface area (TPSA) is 147 Å². The number of fused-ring (bicyclic) bond motifs is 1. The Balaban J connectivity index is 1.61. The SMILES string of the molecule is COc1ccc(NC(=O)Nc2ccc3c(c2)C(=O)N([C@@H](C)CO)C[C@@H](C)[C@@H](CN(C)S(=O)(=O)c2ccc(Cl)cc2)OCCCC[C@@H](C)O3)cc1. The van der Waals surface area contributed by atoms with Crippen molar-refractivity contribution in [3.63, 3.8) is 0 Å². The van der Waals surface area contributed by atoms with Crippen LogP contribution in [0.2, 0.25) is 5.02 Å². The summed E-state index contributed by atoms with van der Waals surface area (Å²) in [6.07, 6.45) is 1.37. The molecule has 14 heteroatoms. The summed E-state index contributed by atoms with van der Waals surface area (Å²) in [4.78, 5) is 28.9. The van der Waals surface area contributed by atoms with Gasteiger partial charge in [-0.3, -0.25) is 4.79 Å². The number of sulfonamides is 1. The van der Waals surface area contributed by atoms with Gasteiger partial charge in [0.05, 0.1) is 42.4 Å². The maximum atomic E-state index is 14.4. The van der Waals surface area contributed by atoms with Gasteiger partial charge < -0.3 is 34.9 Å². The van der Waals surface area contributed by atoms with Gasteiger partial charge in [-0.05, 0) is 99.8 Å². The van der Waals surface area contributed by atoms with Gasteiger partial charge in [0, 0.05) is 49.1 Å². The molecule has 3 N–H and O–H groups in total. The molecule has 3 amide bonds. The zero-order chi connectivity index (χ0) is 36.4. The molecule has 0 aliphatic carbocycles. The lowest BCUT2D eigenvalue weighted by atomic mass is 10.0. The molecule has 4 atom stereocenters. The number of nitrogens with zero attached hydrogens (tertiary/aromatic N) is 2. The Bertz CT molecular complexity index is 1690. The first-order valence-electron chi connectivity index (χ1n) is 16.6. The number of anilines is 2. The van der Waals surface area contributed by atoms with Gasteiger partial charge in [0.25, 0.3) is 5.91 Å². The van der Waals surface area contributed by atoms with Gasteiger partial charge in [0.2, 0.25) is 10.0 Å². The van der Waals surface area contributed by atoms with Gasteiger partial charge in [0.1, 0.15) is 11.5 Å². The number of likely N-dealkylation sites (N-methyl/N-ethyl adjacent to an activating group) is 1. The lowest BCUT2D eigenvalue weighted by molar-refractivity contribution is -0.00833. The summed E-state index contributed by atoms with van der Waals surface area (Å²) in [5.74, 6) is 0.236. The number of benzene rings is 3. The number of urea groups is 1. The number of rotatable bonds is 9. The van der Waals surface area contributed by atoms with Crippen molar-refractivity contribution >= 4 is 44.9 Å². The third-order valence-corrected chi connectivity index (χ3v) is 10.7. The predicted octanol–water partition coefficient (Wildman–Crippen LogP) is 6.11. The summed E-state index contributed by atoms with van der Waals surface area (Å²) < 4.78 is 45.9. The van der Waals surface area contributed by atoms with Crippen molar-refractivity contribution in [2.24, 2.45) is 5.92 Å². The fourth-order valence-corrected chi connectivity index (χ4v) is 6.88. The van der Waals surface area contributed by atoms with Crippen LogP contribution in [-0.2, 0) is 14.8 Å². The standard InChI is InChI=1S/C36H47ClN4O8S/c1-24-21-41(25(2)23-42)35(43)32-20-29(39-36(44)38-28-11-14-30(47-5)15-12-28)13-18-33(32)49-26(3)8-6-7-19-48-34(24)22-40(4)50(45,46)31-16-9-27(37)10-17-31/h9-18,20,24-26,34,42H,6-8,19,21-23H2,1-5H3,(H2,38,39,44)/t24-,25+,26-,34-/m1/s1. The van der Waals surface area contributed by atoms with E-state index in [-0.39, 0.29) is 42.2 Å². The van der Waals surface area contributed by atoms with E-state index >= 15 is 0 Å². The van der Waals surface area contributed by atoms with Crippen LogP contribution in [0.25, 0.3) is 0 Å². The molecule has 0 bridgehead atoms. The molecule has 12 nitrogen and oxygen atoms in total. The fraction of sp³-hybridized carbons (Fsp3) is 0.444. The normalized spacial score (nSPS) is 19.9. The van der Waals surface area contributed by atoms with E-state index < -0.39 is 34.1 Å². The van der Waals surface area contributed by atoms with Crippen molar-refractivity contribution in [3.8, 4) is 11.5 Å². The van der Waals surface area contributed by atoms with Crippen LogP contribution in [0, 0.1) is 5.92 Å². The lowest BCUT2D eigenvalue weighted by Crippen LogP contribution is -2.48. The molecular formula is C36H47ClN4O8S. The molecule has 0 aromatic heterocycles. The summed E-state index contributed by atoms with van der Waals surface area (Å²) in [5, 5.41) is 16.2. The van der Waals surface area contributed by atoms with E-state index in [1.165, 1.54) is 40.5 Å². The second-order valence-corrected chi connectivity index (χ2v) is 15.0. The Hall–Kier alpha value is -3.88. The highest BCUT2D eigenvalue weighted by atomic mass is 35.5. The number of aliphatic hydroxyl groups excluding tert-OH is 1. The van der Waals surface area contributed by atoms with Gasteiger partial charge in [-0.25, -0.2) is 13.2 Å². The molecule has 50 heavy (non-hydrogen) atoms. The number of hydrogen-bond donors (Lipinski definition) is 3. The minimum atomic E-state index is -3.86. The van der Waals surface area contributed by atoms with Crippen LogP contribution in [0.4, 0.5) is 16.2 Å². The van der Waals surface area contributed by atoms with Crippen LogP contribution in [0.5, 0.6) is 11.5 Å². The number of carbonyl (C=O) groups is 2. The lowest BCUT2D eigenvalue weighted by Gasteiger charge is -2.35. The molecule has 272 valence electrons. The van der Waals surface area contributed by atoms with Crippen molar-refractivity contribution < 1.29 is 37.3 Å². The monoisotopic (exact) mass is 730 g/mol. The van der Waals surface area contributed by atoms with Crippen molar-refractivity contribution in [1.29, 1.82) is 0 Å². The third kappa shape index (κ3) is 10.3. The average molecular weight is 731 g/mol. The predicted molar refractivity (Wildman–Crippen MR) is 194 cm³/mol. The fourth-order valence-electron chi connectivity index (χ4n) is 5.57. The molecule has 1 aliphatic rings. The van der Waals surface area contributed by atoms with E-state index in [1.807, 2.05) is 13.8 Å². The number of ether oxygens (including phenoxy) is 3. The summed E-state index contributed by atoms with van der Waals surface area (Å²) in [6.45, 7) is 5.80. The maximum Gasteiger partial charge on any atom is 0.323 e. The molecule has 0 saturated carbocycles. The highest BCUT2D eigenvalue weighted by molar-refractivity contribution is 7.89. The van der Waals surface area contributed by atoms with Crippen LogP contribution in [0.1, 0.15) is 50.4 Å². The average Bonchev–Trinajstić information content (AvgIpc) is 3.09. The van der Waals surface area contributed by atoms with Crippen molar-refractivity contribution in [1.82, 2.24) is 9.21 Å². The van der Waals surface area contributed by atoms with E-state index in [0.29, 0.717) is 40.9 Å². The summed E-state index contributed by atoms with van der Waals surface area (Å²) >= 11 is 5.99. The Morgan fingerprint density at radius 3 is 2.38 bits per heavy atom. The Kier molecular flexibility index (Phi) is 13.9. The molecule has 0 unspecified atom stereocenters. The van der Waals surface area contributed by atoms with E-state index in [1.54, 1.807) is 56.5 Å². The number of aliphatic hydroxyl groups is 1. The molecule has 1 heterocycles. The molecular weight excluding hydrogens is 684 g/mol. The minimum absolute atomic E-state index is 0.0368. The first kappa shape index (κ1) is 38.9. The summed E-state index contributed by atoms with van der Waals surface area (Å²) in [6, 6.07) is 16.6. The van der Waals surface area contributed by atoms with Crippen LogP contribution in [0.3, 0.4) is 0 Å². The second kappa shape index (κ2) is 17.9. The number of halogens is 1. The Labute approximate surface area is 299 Å². The van der Waals surface area contributed by atoms with Crippen LogP contribution in [0.15, 0.2) is 71.6 Å². The Morgan fingerprint density at radius 1 is 1.06 bits per heavy atom. The van der Waals surface area contributed by atoms with Gasteiger partial charge in [0.15, 0.2) is 0 Å². The number of nitrogens with one attached hydrogen (secondary N) is 2. The van der Waals surface area contributed by atoms with E-state index in [0.717, 1.165) is 12.8 Å². The van der Waals surface area contributed by atoms with E-state index in [4.69, 9.17) is 25.8 Å². The zero-order valence-electron chi connectivity index (χ0n) is 29.1. The highest BCUT2D eigenvalue weighted by Crippen LogP contribution is 2.29. The van der Waals surface area contributed by atoms with Crippen LogP contribution < -0.4 is 20.1 Å². The molecule has 4 rings (SSSR count). The van der Waals surface area contributed by atoms with Crippen LogP contribution >= 0.6 is 11.6 Å². The van der Waals surface area contributed by atoms with Crippen molar-refractivity contribution in [3.05, 3.63) is 77.3 Å². The molecule has 3 aromatic rings. The summed E-state index contributed by atoms with van der Waals surface area (Å²) in [7, 11) is -0.801. The summed E-state index contributed by atoms with van der Waals surface area (Å²) in [5.41, 5.74) is 1.12. The molecule has 0 spiro atoms. The molecule has 1 aliphatic heterocycles. The van der Waals surface area contributed by atoms with E-state index in [2.05, 4.69) is 10.6 Å². The van der Waals surface area contributed by atoms with Gasteiger partial charge >= 0.3 is 6.03 Å². The number of carbonyl (C=O) groups excluding carboxylic acids is 2. The number of amides is 3. The quantitative estimate of drug-likeness (QED) is 0.239. The van der Waals surface area contributed by atoms with E-state index in [9.17, 15) is 23.1 Å². The smallest absolute Gasteiger partial charge is 0.323 e. The first-order chi connectivity index (χ1) is 23.8. The first-order valence-corrected chi connectivity index (χ1v) is 18.4. The van der Waals surface area contributed by atoms with Gasteiger partial charge in [-0.15, -0.1) is 0 Å². The number of methoxy groups -OCH3 is 1. The van der Waals surface area contributed by atoms with Crippen molar-refractivity contribution in [2.75, 3.05) is 51.1 Å². The van der Waals surface area contributed by atoms with Gasteiger partial charge in [-0.2, -0.15) is 4.31 Å². The molecule has 0 saturated heterocycles. The van der Waals surface area contributed by atoms with Crippen molar-refractivity contribution in [2.45, 2.75) is 63.2 Å². The second-order valence-electron chi connectivity index (χ2n) is 12.6. The maximum absolute atomic E-state index is 14.4. The number of hydrogen-bond acceptors (Lipinski definition) is 8. The molecule has 3 aromatic carbocycles. The van der Waals surface area contributed by atoms with Gasteiger partial charge in [-0.1, -0.05) is 18.5 Å². The third-order valence-electron chi connectivity index (χ3n) is 8.62. The minimum Gasteiger partial charge on any atom is -0.497 e. The van der Waals surface area contributed by atoms with Crippen LogP contribution in [-0.4, -0.2) is 93.4 Å². The largest absolute Gasteiger partial charge is 0.497 e. The Morgan fingerprint density at radius 2 is 1.72 bits per heavy atom. The molecule has 0 fully saturated rings. The zero-order valence-corrected chi connectivity index (χ0v) is 30.7. The highest BCUT2D eigenvalue weighted by Gasteiger charge is 2.32. The molecule has 0 radical (unpaired) electrons.